The fourth-order valence-electron chi connectivity index (χ4n) is 2.27. The Hall–Kier alpha value is -0.563. The molecular formula is C17H30O2Si. The minimum absolute atomic E-state index is 0.0884. The zero-order chi connectivity index (χ0) is 15.0. The van der Waals surface area contributed by atoms with Crippen molar-refractivity contribution >= 4 is 8.07 Å². The molecule has 0 saturated heterocycles. The molecule has 1 aliphatic carbocycles. The Morgan fingerprint density at radius 2 is 1.90 bits per heavy atom. The summed E-state index contributed by atoms with van der Waals surface area (Å²) < 4.78 is 11.9. The first-order valence-corrected chi connectivity index (χ1v) is 11.3. The molecule has 0 aromatic carbocycles. The van der Waals surface area contributed by atoms with E-state index in [0.717, 1.165) is 19.3 Å². The molecule has 0 heterocycles. The van der Waals surface area contributed by atoms with E-state index in [1.165, 1.54) is 19.3 Å². The minimum atomic E-state index is -1.28. The summed E-state index contributed by atoms with van der Waals surface area (Å²) in [5.41, 5.74) is 3.37. The largest absolute Gasteiger partial charge is 0.346 e. The Bertz CT molecular complexity index is 342. The van der Waals surface area contributed by atoms with E-state index in [1.54, 1.807) is 6.08 Å². The molecule has 1 aliphatic rings. The Morgan fingerprint density at radius 1 is 1.25 bits per heavy atom. The summed E-state index contributed by atoms with van der Waals surface area (Å²) in [5.74, 6) is 3.26. The lowest BCUT2D eigenvalue weighted by Crippen LogP contribution is -2.27. The Labute approximate surface area is 125 Å². The predicted molar refractivity (Wildman–Crippen MR) is 88.2 cm³/mol. The first kappa shape index (κ1) is 17.5. The van der Waals surface area contributed by atoms with Crippen LogP contribution in [0.25, 0.3) is 0 Å². The van der Waals surface area contributed by atoms with Crippen molar-refractivity contribution in [2.75, 3.05) is 0 Å². The highest BCUT2D eigenvalue weighted by molar-refractivity contribution is 6.83. The van der Waals surface area contributed by atoms with E-state index in [2.05, 4.69) is 44.6 Å². The highest BCUT2D eigenvalue weighted by Gasteiger charge is 2.19. The Morgan fingerprint density at radius 3 is 2.45 bits per heavy atom. The van der Waals surface area contributed by atoms with Crippen molar-refractivity contribution in [2.24, 2.45) is 0 Å². The standard InChI is InChI=1S/C17H30O2Si/c1-6-17(19-16-12-8-7-9-13-16)18-15(2)11-10-14-20(3,4)5/h6,15-17H,1,7-9,11-13H2,2-5H3/t15-,17+/m1/s1. The molecule has 1 saturated carbocycles. The molecule has 3 heteroatoms. The molecule has 20 heavy (non-hydrogen) atoms. The third kappa shape index (κ3) is 7.89. The molecular weight excluding hydrogens is 264 g/mol. The predicted octanol–water partition coefficient (Wildman–Crippen LogP) is 4.52. The molecule has 2 nitrogen and oxygen atoms in total. The second kappa shape index (κ2) is 8.66. The van der Waals surface area contributed by atoms with Crippen LogP contribution in [-0.2, 0) is 9.47 Å². The molecule has 0 unspecified atom stereocenters. The summed E-state index contributed by atoms with van der Waals surface area (Å²) >= 11 is 0. The van der Waals surface area contributed by atoms with Crippen molar-refractivity contribution in [3.05, 3.63) is 12.7 Å². The topological polar surface area (TPSA) is 18.5 Å². The van der Waals surface area contributed by atoms with Gasteiger partial charge in [-0.25, -0.2) is 0 Å². The van der Waals surface area contributed by atoms with Gasteiger partial charge in [0.2, 0.25) is 0 Å². The van der Waals surface area contributed by atoms with Crippen LogP contribution in [-0.4, -0.2) is 26.6 Å². The summed E-state index contributed by atoms with van der Waals surface area (Å²) in [7, 11) is -1.28. The van der Waals surface area contributed by atoms with Gasteiger partial charge in [-0.15, -0.1) is 11.5 Å². The van der Waals surface area contributed by atoms with Crippen LogP contribution in [0, 0.1) is 11.5 Å². The van der Waals surface area contributed by atoms with Crippen LogP contribution in [0.2, 0.25) is 19.6 Å². The van der Waals surface area contributed by atoms with E-state index < -0.39 is 8.07 Å². The van der Waals surface area contributed by atoms with E-state index in [9.17, 15) is 0 Å². The van der Waals surface area contributed by atoms with Crippen molar-refractivity contribution < 1.29 is 9.47 Å². The van der Waals surface area contributed by atoms with Gasteiger partial charge in [0.25, 0.3) is 0 Å². The van der Waals surface area contributed by atoms with Gasteiger partial charge in [0.05, 0.1) is 12.2 Å². The summed E-state index contributed by atoms with van der Waals surface area (Å²) in [6.07, 6.45) is 8.84. The SMILES string of the molecule is C=C[C@H](OC1CCCCC1)O[C@H](C)CC#C[Si](C)(C)C. The summed E-state index contributed by atoms with van der Waals surface area (Å²) in [6.45, 7) is 12.6. The Kier molecular flexibility index (Phi) is 7.58. The van der Waals surface area contributed by atoms with Gasteiger partial charge in [-0.1, -0.05) is 45.5 Å². The third-order valence-electron chi connectivity index (χ3n) is 3.29. The number of rotatable bonds is 6. The van der Waals surface area contributed by atoms with Gasteiger partial charge >= 0.3 is 0 Å². The molecule has 0 spiro atoms. The van der Waals surface area contributed by atoms with Crippen LogP contribution in [0.15, 0.2) is 12.7 Å². The lowest BCUT2D eigenvalue weighted by molar-refractivity contribution is -0.168. The maximum absolute atomic E-state index is 5.98. The number of hydrogen-bond donors (Lipinski definition) is 0. The lowest BCUT2D eigenvalue weighted by atomic mass is 9.98. The van der Waals surface area contributed by atoms with Crippen molar-refractivity contribution in [3.8, 4) is 11.5 Å². The quantitative estimate of drug-likeness (QED) is 0.310. The first-order valence-electron chi connectivity index (χ1n) is 7.84. The highest BCUT2D eigenvalue weighted by Crippen LogP contribution is 2.22. The van der Waals surface area contributed by atoms with Gasteiger partial charge in [0.1, 0.15) is 8.07 Å². The van der Waals surface area contributed by atoms with Gasteiger partial charge < -0.3 is 9.47 Å². The molecule has 0 bridgehead atoms. The average molecular weight is 295 g/mol. The normalized spacial score (nSPS) is 19.8. The van der Waals surface area contributed by atoms with Gasteiger partial charge in [-0.05, 0) is 25.8 Å². The molecule has 0 N–H and O–H groups in total. The van der Waals surface area contributed by atoms with E-state index in [4.69, 9.17) is 9.47 Å². The van der Waals surface area contributed by atoms with E-state index >= 15 is 0 Å². The fourth-order valence-corrected chi connectivity index (χ4v) is 2.90. The third-order valence-corrected chi connectivity index (χ3v) is 4.22. The molecule has 2 atom stereocenters. The van der Waals surface area contributed by atoms with Crippen LogP contribution >= 0.6 is 0 Å². The zero-order valence-electron chi connectivity index (χ0n) is 13.6. The molecule has 1 rings (SSSR count). The monoisotopic (exact) mass is 294 g/mol. The highest BCUT2D eigenvalue weighted by atomic mass is 28.3. The van der Waals surface area contributed by atoms with Crippen LogP contribution in [0.5, 0.6) is 0 Å². The maximum Gasteiger partial charge on any atom is 0.177 e. The van der Waals surface area contributed by atoms with Crippen molar-refractivity contribution in [3.63, 3.8) is 0 Å². The smallest absolute Gasteiger partial charge is 0.177 e. The van der Waals surface area contributed by atoms with Crippen molar-refractivity contribution in [2.45, 2.75) is 83.6 Å². The van der Waals surface area contributed by atoms with Gasteiger partial charge in [-0.3, -0.25) is 0 Å². The summed E-state index contributed by atoms with van der Waals surface area (Å²) in [5, 5.41) is 0. The maximum atomic E-state index is 5.98. The molecule has 1 fully saturated rings. The average Bonchev–Trinajstić information content (AvgIpc) is 2.37. The molecule has 0 amide bonds. The second-order valence-electron chi connectivity index (χ2n) is 6.70. The van der Waals surface area contributed by atoms with Crippen LogP contribution in [0.1, 0.15) is 45.4 Å². The summed E-state index contributed by atoms with van der Waals surface area (Å²) in [4.78, 5) is 0. The van der Waals surface area contributed by atoms with Crippen LogP contribution in [0.4, 0.5) is 0 Å². The minimum Gasteiger partial charge on any atom is -0.346 e. The second-order valence-corrected chi connectivity index (χ2v) is 11.5. The van der Waals surface area contributed by atoms with E-state index in [0.29, 0.717) is 6.10 Å². The summed E-state index contributed by atoms with van der Waals surface area (Å²) in [6, 6.07) is 0. The molecule has 0 radical (unpaired) electrons. The number of ether oxygens (including phenoxy) is 2. The van der Waals surface area contributed by atoms with E-state index in [-0.39, 0.29) is 12.4 Å². The molecule has 0 aromatic heterocycles. The van der Waals surface area contributed by atoms with Gasteiger partial charge in [0.15, 0.2) is 6.29 Å². The van der Waals surface area contributed by atoms with Gasteiger partial charge in [-0.2, -0.15) is 0 Å². The lowest BCUT2D eigenvalue weighted by Gasteiger charge is -2.27. The van der Waals surface area contributed by atoms with Crippen molar-refractivity contribution in [1.82, 2.24) is 0 Å². The Balaban J connectivity index is 2.34. The van der Waals surface area contributed by atoms with Crippen molar-refractivity contribution in [1.29, 1.82) is 0 Å². The number of hydrogen-bond acceptors (Lipinski definition) is 2. The van der Waals surface area contributed by atoms with Gasteiger partial charge in [0, 0.05) is 6.42 Å². The fraction of sp³-hybridized carbons (Fsp3) is 0.765. The molecule has 0 aliphatic heterocycles. The zero-order valence-corrected chi connectivity index (χ0v) is 14.6. The van der Waals surface area contributed by atoms with E-state index in [1.807, 2.05) is 0 Å². The first-order chi connectivity index (χ1) is 9.40. The molecule has 0 aromatic rings. The van der Waals surface area contributed by atoms with Crippen LogP contribution in [0.3, 0.4) is 0 Å². The molecule has 114 valence electrons. The van der Waals surface area contributed by atoms with Crippen LogP contribution < -0.4 is 0 Å².